The summed E-state index contributed by atoms with van der Waals surface area (Å²) in [5.74, 6) is -1.37. The second-order valence-electron chi connectivity index (χ2n) is 2.61. The SMILES string of the molecule is N.O=C(C(=O)c1ccco1)c1ccco1. The average Bonchev–Trinajstić information content (AvgIpc) is 2.87. The Bertz CT molecular complexity index is 397. The smallest absolute Gasteiger partial charge is 0.271 e. The molecule has 0 saturated heterocycles. The van der Waals surface area contributed by atoms with Crippen LogP contribution in [0, 0.1) is 0 Å². The van der Waals surface area contributed by atoms with Crippen LogP contribution in [-0.2, 0) is 0 Å². The van der Waals surface area contributed by atoms with Crippen molar-refractivity contribution in [2.75, 3.05) is 0 Å². The first-order chi connectivity index (χ1) is 6.79. The largest absolute Gasteiger partial charge is 0.461 e. The summed E-state index contributed by atoms with van der Waals surface area (Å²) < 4.78 is 9.60. The van der Waals surface area contributed by atoms with Crippen molar-refractivity contribution < 1.29 is 18.4 Å². The van der Waals surface area contributed by atoms with E-state index >= 15 is 0 Å². The minimum absolute atomic E-state index is 0. The van der Waals surface area contributed by atoms with Crippen LogP contribution in [-0.4, -0.2) is 11.6 Å². The highest BCUT2D eigenvalue weighted by atomic mass is 16.3. The molecule has 5 heteroatoms. The standard InChI is InChI=1S/C10H6O4.H3N/c11-9(7-3-1-5-13-7)10(12)8-4-2-6-14-8;/h1-6H;1H3. The molecule has 0 amide bonds. The first kappa shape index (κ1) is 10.9. The molecule has 0 aromatic carbocycles. The summed E-state index contributed by atoms with van der Waals surface area (Å²) >= 11 is 0. The van der Waals surface area contributed by atoms with Gasteiger partial charge < -0.3 is 15.0 Å². The lowest BCUT2D eigenvalue weighted by Gasteiger charge is -1.91. The van der Waals surface area contributed by atoms with Crippen LogP contribution in [0.2, 0.25) is 0 Å². The van der Waals surface area contributed by atoms with Crippen LogP contribution in [0.4, 0.5) is 0 Å². The Morgan fingerprint density at radius 1 is 0.867 bits per heavy atom. The van der Waals surface area contributed by atoms with Gasteiger partial charge in [0.05, 0.1) is 12.5 Å². The third-order valence-electron chi connectivity index (χ3n) is 1.70. The highest BCUT2D eigenvalue weighted by Crippen LogP contribution is 2.08. The van der Waals surface area contributed by atoms with E-state index in [-0.39, 0.29) is 17.7 Å². The molecule has 0 atom stereocenters. The molecule has 3 N–H and O–H groups in total. The summed E-state index contributed by atoms with van der Waals surface area (Å²) in [5, 5.41) is 0. The van der Waals surface area contributed by atoms with E-state index in [0.717, 1.165) is 0 Å². The Morgan fingerprint density at radius 3 is 1.53 bits per heavy atom. The number of furan rings is 2. The van der Waals surface area contributed by atoms with Gasteiger partial charge >= 0.3 is 0 Å². The molecule has 0 unspecified atom stereocenters. The first-order valence-electron chi connectivity index (χ1n) is 3.95. The van der Waals surface area contributed by atoms with Gasteiger partial charge in [0.15, 0.2) is 11.5 Å². The van der Waals surface area contributed by atoms with Crippen molar-refractivity contribution in [3.05, 3.63) is 48.3 Å². The molecule has 2 aromatic heterocycles. The molecule has 0 saturated carbocycles. The Kier molecular flexibility index (Phi) is 3.20. The van der Waals surface area contributed by atoms with Crippen molar-refractivity contribution in [1.82, 2.24) is 6.15 Å². The van der Waals surface area contributed by atoms with Gasteiger partial charge in [-0.25, -0.2) is 0 Å². The number of carbonyl (C=O) groups excluding carboxylic acids is 2. The normalized spacial score (nSPS) is 9.33. The van der Waals surface area contributed by atoms with Crippen LogP contribution >= 0.6 is 0 Å². The fourth-order valence-corrected chi connectivity index (χ4v) is 1.04. The molecule has 2 heterocycles. The number of hydrogen-bond acceptors (Lipinski definition) is 5. The van der Waals surface area contributed by atoms with Gasteiger partial charge in [-0.1, -0.05) is 0 Å². The molecule has 0 aliphatic carbocycles. The van der Waals surface area contributed by atoms with Gasteiger partial charge in [-0.15, -0.1) is 0 Å². The van der Waals surface area contributed by atoms with Gasteiger partial charge in [0.25, 0.3) is 11.6 Å². The lowest BCUT2D eigenvalue weighted by molar-refractivity contribution is 0.0785. The topological polar surface area (TPSA) is 95.4 Å². The maximum atomic E-state index is 11.4. The van der Waals surface area contributed by atoms with Gasteiger partial charge in [-0.3, -0.25) is 9.59 Å². The van der Waals surface area contributed by atoms with Gasteiger partial charge in [0.2, 0.25) is 0 Å². The van der Waals surface area contributed by atoms with E-state index in [1.165, 1.54) is 24.7 Å². The Hall–Kier alpha value is -2.14. The van der Waals surface area contributed by atoms with Crippen molar-refractivity contribution in [3.8, 4) is 0 Å². The fraction of sp³-hybridized carbons (Fsp3) is 0. The summed E-state index contributed by atoms with van der Waals surface area (Å²) in [6, 6.07) is 5.96. The Balaban J connectivity index is 0.00000112. The molecule has 2 aromatic rings. The zero-order chi connectivity index (χ0) is 9.97. The van der Waals surface area contributed by atoms with Crippen LogP contribution in [0.3, 0.4) is 0 Å². The number of hydrogen-bond donors (Lipinski definition) is 1. The zero-order valence-electron chi connectivity index (χ0n) is 7.80. The Labute approximate surface area is 85.3 Å². The maximum Gasteiger partial charge on any atom is 0.271 e. The van der Waals surface area contributed by atoms with Crippen LogP contribution in [0.15, 0.2) is 45.6 Å². The van der Waals surface area contributed by atoms with Crippen LogP contribution in [0.1, 0.15) is 21.1 Å². The van der Waals surface area contributed by atoms with Crippen LogP contribution < -0.4 is 6.15 Å². The lowest BCUT2D eigenvalue weighted by Crippen LogP contribution is -2.12. The molecule has 15 heavy (non-hydrogen) atoms. The second-order valence-corrected chi connectivity index (χ2v) is 2.61. The van der Waals surface area contributed by atoms with E-state index in [0.29, 0.717) is 0 Å². The van der Waals surface area contributed by atoms with E-state index < -0.39 is 11.6 Å². The predicted molar refractivity (Wildman–Crippen MR) is 51.1 cm³/mol. The van der Waals surface area contributed by atoms with Crippen molar-refractivity contribution in [3.63, 3.8) is 0 Å². The number of ketones is 2. The number of rotatable bonds is 3. The van der Waals surface area contributed by atoms with Crippen molar-refractivity contribution in [1.29, 1.82) is 0 Å². The van der Waals surface area contributed by atoms with Crippen LogP contribution in [0.5, 0.6) is 0 Å². The first-order valence-corrected chi connectivity index (χ1v) is 3.95. The third kappa shape index (κ3) is 2.03. The maximum absolute atomic E-state index is 11.4. The monoisotopic (exact) mass is 207 g/mol. The highest BCUT2D eigenvalue weighted by molar-refractivity contribution is 6.47. The van der Waals surface area contributed by atoms with E-state index in [2.05, 4.69) is 0 Å². The molecule has 0 bridgehead atoms. The molecule has 0 spiro atoms. The molecular formula is C10H9NO4. The van der Waals surface area contributed by atoms with Crippen molar-refractivity contribution in [2.24, 2.45) is 0 Å². The quantitative estimate of drug-likeness (QED) is 0.614. The summed E-state index contributed by atoms with van der Waals surface area (Å²) in [4.78, 5) is 22.8. The zero-order valence-corrected chi connectivity index (χ0v) is 7.80. The van der Waals surface area contributed by atoms with Gasteiger partial charge in [0.1, 0.15) is 0 Å². The van der Waals surface area contributed by atoms with Gasteiger partial charge in [0, 0.05) is 0 Å². The molecule has 0 aliphatic heterocycles. The minimum Gasteiger partial charge on any atom is -0.461 e. The molecule has 0 aliphatic rings. The van der Waals surface area contributed by atoms with E-state index in [1.807, 2.05) is 0 Å². The molecule has 2 rings (SSSR count). The average molecular weight is 207 g/mol. The lowest BCUT2D eigenvalue weighted by atomic mass is 10.2. The van der Waals surface area contributed by atoms with E-state index in [1.54, 1.807) is 12.1 Å². The molecule has 0 fully saturated rings. The summed E-state index contributed by atoms with van der Waals surface area (Å²) in [6.07, 6.45) is 2.67. The summed E-state index contributed by atoms with van der Waals surface area (Å²) in [5.41, 5.74) is 0. The highest BCUT2D eigenvalue weighted by Gasteiger charge is 2.22. The predicted octanol–water partition coefficient (Wildman–Crippen LogP) is 2.10. The third-order valence-corrected chi connectivity index (χ3v) is 1.70. The van der Waals surface area contributed by atoms with Gasteiger partial charge in [-0.2, -0.15) is 0 Å². The minimum atomic E-state index is -0.704. The molecule has 5 nitrogen and oxygen atoms in total. The number of carbonyl (C=O) groups is 2. The fourth-order valence-electron chi connectivity index (χ4n) is 1.04. The van der Waals surface area contributed by atoms with Crippen LogP contribution in [0.25, 0.3) is 0 Å². The molecule has 78 valence electrons. The van der Waals surface area contributed by atoms with E-state index in [4.69, 9.17) is 8.83 Å². The Morgan fingerprint density at radius 2 is 1.27 bits per heavy atom. The van der Waals surface area contributed by atoms with E-state index in [9.17, 15) is 9.59 Å². The van der Waals surface area contributed by atoms with Gasteiger partial charge in [-0.05, 0) is 24.3 Å². The van der Waals surface area contributed by atoms with Crippen molar-refractivity contribution in [2.45, 2.75) is 0 Å². The summed E-state index contributed by atoms with van der Waals surface area (Å²) in [6.45, 7) is 0. The second kappa shape index (κ2) is 4.39. The van der Waals surface area contributed by atoms with Crippen molar-refractivity contribution >= 4 is 11.6 Å². The molecular weight excluding hydrogens is 198 g/mol. The summed E-state index contributed by atoms with van der Waals surface area (Å²) in [7, 11) is 0. The number of Topliss-reactive ketones (excluding diaryl/α,β-unsaturated/α-hetero) is 2. The molecule has 0 radical (unpaired) electrons.